The maximum Gasteiger partial charge on any atom is 0.261 e. The molecule has 0 unspecified atom stereocenters. The maximum absolute atomic E-state index is 12.4. The number of carbonyl (C=O) groups is 2. The number of anilines is 1. The highest BCUT2D eigenvalue weighted by Gasteiger charge is 2.39. The first-order chi connectivity index (χ1) is 10.5. The highest BCUT2D eigenvalue weighted by molar-refractivity contribution is 7.18. The molecule has 2 N–H and O–H groups in total. The molecule has 0 radical (unpaired) electrons. The van der Waals surface area contributed by atoms with Crippen molar-refractivity contribution in [2.24, 2.45) is 5.92 Å². The van der Waals surface area contributed by atoms with Gasteiger partial charge in [0.25, 0.3) is 5.91 Å². The van der Waals surface area contributed by atoms with E-state index in [9.17, 15) is 9.59 Å². The molecule has 1 aromatic heterocycles. The fourth-order valence-electron chi connectivity index (χ4n) is 2.93. The van der Waals surface area contributed by atoms with E-state index in [-0.39, 0.29) is 23.3 Å². The van der Waals surface area contributed by atoms with E-state index in [4.69, 9.17) is 0 Å². The van der Waals surface area contributed by atoms with Crippen LogP contribution in [0, 0.1) is 5.92 Å². The third kappa shape index (κ3) is 3.50. The molecule has 2 aliphatic rings. The van der Waals surface area contributed by atoms with Crippen molar-refractivity contribution in [2.75, 3.05) is 26.0 Å². The van der Waals surface area contributed by atoms with E-state index in [1.807, 2.05) is 20.2 Å². The smallest absolute Gasteiger partial charge is 0.261 e. The molecule has 2 amide bonds. The topological polar surface area (TPSA) is 61.4 Å². The molecule has 2 fully saturated rings. The normalized spacial score (nSPS) is 19.6. The summed E-state index contributed by atoms with van der Waals surface area (Å²) in [5.74, 6) is 0.230. The van der Waals surface area contributed by atoms with Crippen molar-refractivity contribution in [3.05, 3.63) is 17.0 Å². The summed E-state index contributed by atoms with van der Waals surface area (Å²) < 4.78 is 0. The zero-order chi connectivity index (χ0) is 15.7. The van der Waals surface area contributed by atoms with Crippen LogP contribution in [0.2, 0.25) is 0 Å². The lowest BCUT2D eigenvalue weighted by atomic mass is 9.76. The summed E-state index contributed by atoms with van der Waals surface area (Å²) in [4.78, 5) is 27.0. The van der Waals surface area contributed by atoms with Gasteiger partial charge < -0.3 is 15.5 Å². The van der Waals surface area contributed by atoms with Crippen LogP contribution >= 0.6 is 11.3 Å². The Hall–Kier alpha value is -1.40. The average molecular weight is 321 g/mol. The van der Waals surface area contributed by atoms with E-state index in [1.54, 1.807) is 6.07 Å². The number of rotatable bonds is 6. The quantitative estimate of drug-likeness (QED) is 0.845. The molecule has 120 valence electrons. The molecular formula is C16H23N3O2S. The first kappa shape index (κ1) is 15.5. The van der Waals surface area contributed by atoms with Gasteiger partial charge >= 0.3 is 0 Å². The van der Waals surface area contributed by atoms with E-state index in [1.165, 1.54) is 17.8 Å². The van der Waals surface area contributed by atoms with E-state index < -0.39 is 0 Å². The molecule has 0 atom stereocenters. The Labute approximate surface area is 135 Å². The molecule has 0 bridgehead atoms. The minimum atomic E-state index is -0.0814. The SMILES string of the molecule is CN(C)CC1(NC(=O)c2ccc(NC(=O)C3CC3)s2)CCC1. The van der Waals surface area contributed by atoms with Crippen molar-refractivity contribution in [1.29, 1.82) is 0 Å². The zero-order valence-electron chi connectivity index (χ0n) is 13.1. The Kier molecular flexibility index (Phi) is 4.23. The second-order valence-electron chi connectivity index (χ2n) is 6.75. The predicted molar refractivity (Wildman–Crippen MR) is 88.3 cm³/mol. The third-order valence-corrected chi connectivity index (χ3v) is 5.33. The molecule has 0 spiro atoms. The van der Waals surface area contributed by atoms with Crippen molar-refractivity contribution in [3.8, 4) is 0 Å². The minimum Gasteiger partial charge on any atom is -0.345 e. The first-order valence-corrected chi connectivity index (χ1v) is 8.67. The molecule has 2 saturated carbocycles. The van der Waals surface area contributed by atoms with Crippen LogP contribution in [0.5, 0.6) is 0 Å². The van der Waals surface area contributed by atoms with Crippen molar-refractivity contribution >= 4 is 28.2 Å². The van der Waals surface area contributed by atoms with Gasteiger partial charge in [0, 0.05) is 12.5 Å². The lowest BCUT2D eigenvalue weighted by Crippen LogP contribution is -2.58. The van der Waals surface area contributed by atoms with Crippen LogP contribution in [0.25, 0.3) is 0 Å². The number of nitrogens with zero attached hydrogens (tertiary/aromatic N) is 1. The molecule has 2 aliphatic carbocycles. The molecule has 5 nitrogen and oxygen atoms in total. The van der Waals surface area contributed by atoms with Gasteiger partial charge in [0.05, 0.1) is 15.4 Å². The number of thiophene rings is 1. The monoisotopic (exact) mass is 321 g/mol. The highest BCUT2D eigenvalue weighted by Crippen LogP contribution is 2.34. The second kappa shape index (κ2) is 6.01. The van der Waals surface area contributed by atoms with Gasteiger partial charge in [0.2, 0.25) is 5.91 Å². The minimum absolute atomic E-state index is 0.0292. The summed E-state index contributed by atoms with van der Waals surface area (Å²) in [6.07, 6.45) is 5.21. The Morgan fingerprint density at radius 3 is 2.59 bits per heavy atom. The molecule has 3 rings (SSSR count). The molecule has 0 aromatic carbocycles. The summed E-state index contributed by atoms with van der Waals surface area (Å²) in [6.45, 7) is 0.870. The first-order valence-electron chi connectivity index (χ1n) is 7.85. The number of nitrogens with one attached hydrogen (secondary N) is 2. The number of likely N-dealkylation sites (N-methyl/N-ethyl adjacent to an activating group) is 1. The number of amides is 2. The van der Waals surface area contributed by atoms with Gasteiger partial charge in [-0.25, -0.2) is 0 Å². The second-order valence-corrected chi connectivity index (χ2v) is 7.84. The van der Waals surface area contributed by atoms with Crippen LogP contribution in [0.3, 0.4) is 0 Å². The third-order valence-electron chi connectivity index (χ3n) is 4.33. The van der Waals surface area contributed by atoms with Crippen LogP contribution in [0.1, 0.15) is 41.8 Å². The Morgan fingerprint density at radius 2 is 2.05 bits per heavy atom. The molecule has 22 heavy (non-hydrogen) atoms. The van der Waals surface area contributed by atoms with E-state index in [0.717, 1.165) is 37.2 Å². The summed E-state index contributed by atoms with van der Waals surface area (Å²) in [5, 5.41) is 6.85. The van der Waals surface area contributed by atoms with Gasteiger partial charge in [-0.3, -0.25) is 9.59 Å². The van der Waals surface area contributed by atoms with Gasteiger partial charge in [0.15, 0.2) is 0 Å². The molecule has 6 heteroatoms. The van der Waals surface area contributed by atoms with E-state index >= 15 is 0 Å². The highest BCUT2D eigenvalue weighted by atomic mass is 32.1. The van der Waals surface area contributed by atoms with Gasteiger partial charge in [-0.1, -0.05) is 0 Å². The lowest BCUT2D eigenvalue weighted by molar-refractivity contribution is -0.117. The van der Waals surface area contributed by atoms with Crippen LogP contribution in [0.4, 0.5) is 5.00 Å². The Balaban J connectivity index is 1.60. The van der Waals surface area contributed by atoms with Crippen molar-refractivity contribution in [3.63, 3.8) is 0 Å². The average Bonchev–Trinajstić information content (AvgIpc) is 3.16. The number of hydrogen-bond donors (Lipinski definition) is 2. The van der Waals surface area contributed by atoms with Crippen LogP contribution < -0.4 is 10.6 Å². The van der Waals surface area contributed by atoms with Gasteiger partial charge in [0.1, 0.15) is 0 Å². The van der Waals surface area contributed by atoms with Crippen molar-refractivity contribution in [2.45, 2.75) is 37.6 Å². The van der Waals surface area contributed by atoms with Crippen LogP contribution in [0.15, 0.2) is 12.1 Å². The molecule has 0 saturated heterocycles. The van der Waals surface area contributed by atoms with Crippen LogP contribution in [-0.2, 0) is 4.79 Å². The fraction of sp³-hybridized carbons (Fsp3) is 0.625. The van der Waals surface area contributed by atoms with Gasteiger partial charge in [-0.05, 0) is 58.3 Å². The standard InChI is InChI=1S/C16H23N3O2S/c1-19(2)10-16(8-3-9-16)18-15(21)12-6-7-13(22-12)17-14(20)11-4-5-11/h6-7,11H,3-5,8-10H2,1-2H3,(H,17,20)(H,18,21). The van der Waals surface area contributed by atoms with Gasteiger partial charge in [-0.2, -0.15) is 0 Å². The molecule has 0 aliphatic heterocycles. The fourth-order valence-corrected chi connectivity index (χ4v) is 3.73. The molecule has 1 aromatic rings. The summed E-state index contributed by atoms with van der Waals surface area (Å²) in [5.41, 5.74) is -0.0814. The number of hydrogen-bond acceptors (Lipinski definition) is 4. The summed E-state index contributed by atoms with van der Waals surface area (Å²) in [7, 11) is 4.06. The predicted octanol–water partition coefficient (Wildman–Crippen LogP) is 2.31. The molecule has 1 heterocycles. The largest absolute Gasteiger partial charge is 0.345 e. The number of carbonyl (C=O) groups excluding carboxylic acids is 2. The summed E-state index contributed by atoms with van der Waals surface area (Å²) >= 11 is 1.35. The van der Waals surface area contributed by atoms with Crippen LogP contribution in [-0.4, -0.2) is 42.9 Å². The van der Waals surface area contributed by atoms with Crippen molar-refractivity contribution < 1.29 is 9.59 Å². The molecular weight excluding hydrogens is 298 g/mol. The van der Waals surface area contributed by atoms with Gasteiger partial charge in [-0.15, -0.1) is 11.3 Å². The van der Waals surface area contributed by atoms with Crippen molar-refractivity contribution in [1.82, 2.24) is 10.2 Å². The Bertz CT molecular complexity index is 574. The van der Waals surface area contributed by atoms with E-state index in [2.05, 4.69) is 15.5 Å². The maximum atomic E-state index is 12.4. The summed E-state index contributed by atoms with van der Waals surface area (Å²) in [6, 6.07) is 3.61. The Morgan fingerprint density at radius 1 is 1.32 bits per heavy atom. The lowest BCUT2D eigenvalue weighted by Gasteiger charge is -2.44. The zero-order valence-corrected chi connectivity index (χ0v) is 14.0. The van der Waals surface area contributed by atoms with E-state index in [0.29, 0.717) is 4.88 Å².